The first-order valence-electron chi connectivity index (χ1n) is 13.5. The third-order valence-electron chi connectivity index (χ3n) is 8.16. The summed E-state index contributed by atoms with van der Waals surface area (Å²) in [7, 11) is 0. The van der Waals surface area contributed by atoms with Gasteiger partial charge in [0.05, 0.1) is 11.3 Å². The van der Waals surface area contributed by atoms with Gasteiger partial charge in [-0.3, -0.25) is 4.79 Å². The third kappa shape index (κ3) is 4.22. The lowest BCUT2D eigenvalue weighted by atomic mass is 9.76. The highest BCUT2D eigenvalue weighted by Crippen LogP contribution is 2.57. The molecule has 6 nitrogen and oxygen atoms in total. The molecule has 3 aromatic carbocycles. The molecule has 0 saturated carbocycles. The molecule has 9 heteroatoms. The van der Waals surface area contributed by atoms with E-state index >= 15 is 0 Å². The lowest BCUT2D eigenvalue weighted by molar-refractivity contribution is -0.137. The van der Waals surface area contributed by atoms with Gasteiger partial charge in [-0.1, -0.05) is 39.3 Å². The van der Waals surface area contributed by atoms with Crippen LogP contribution in [0.1, 0.15) is 56.7 Å². The van der Waals surface area contributed by atoms with Crippen molar-refractivity contribution in [1.29, 1.82) is 0 Å². The maximum absolute atomic E-state index is 14.5. The summed E-state index contributed by atoms with van der Waals surface area (Å²) in [5.41, 5.74) is 0.995. The van der Waals surface area contributed by atoms with Crippen LogP contribution in [0.4, 0.5) is 30.2 Å². The van der Waals surface area contributed by atoms with Crippen molar-refractivity contribution in [2.75, 3.05) is 30.2 Å². The summed E-state index contributed by atoms with van der Waals surface area (Å²) in [6.45, 7) is 7.20. The van der Waals surface area contributed by atoms with Crippen LogP contribution in [0.5, 0.6) is 17.2 Å². The van der Waals surface area contributed by atoms with Crippen molar-refractivity contribution >= 4 is 23.0 Å². The summed E-state index contributed by atoms with van der Waals surface area (Å²) in [6.07, 6.45) is -1.61. The maximum Gasteiger partial charge on any atom is 0.416 e. The van der Waals surface area contributed by atoms with Crippen molar-refractivity contribution in [3.63, 3.8) is 0 Å². The second-order valence-electron chi connectivity index (χ2n) is 11.4. The lowest BCUT2D eigenvalue weighted by Gasteiger charge is -2.28. The van der Waals surface area contributed by atoms with Crippen LogP contribution in [-0.2, 0) is 16.4 Å². The molecule has 0 fully saturated rings. The van der Waals surface area contributed by atoms with Crippen LogP contribution >= 0.6 is 0 Å². The quantitative estimate of drug-likeness (QED) is 0.331. The van der Waals surface area contributed by atoms with Crippen molar-refractivity contribution in [3.05, 3.63) is 71.3 Å². The molecular weight excluding hydrogens is 521 g/mol. The van der Waals surface area contributed by atoms with Gasteiger partial charge in [0.1, 0.15) is 17.8 Å². The van der Waals surface area contributed by atoms with Crippen LogP contribution < -0.4 is 24.4 Å². The van der Waals surface area contributed by atoms with Gasteiger partial charge in [-0.25, -0.2) is 0 Å². The highest BCUT2D eigenvalue weighted by atomic mass is 19.4. The van der Waals surface area contributed by atoms with Crippen molar-refractivity contribution in [2.24, 2.45) is 5.41 Å². The maximum atomic E-state index is 14.5. The molecule has 1 N–H and O–H groups in total. The fourth-order valence-electron chi connectivity index (χ4n) is 6.16. The number of hydrogen-bond acceptors (Lipinski definition) is 5. The first-order chi connectivity index (χ1) is 19.0. The number of nitrogens with zero attached hydrogens (tertiary/aromatic N) is 1. The van der Waals surface area contributed by atoms with Gasteiger partial charge in [-0.2, -0.15) is 13.2 Å². The fraction of sp³-hybridized carbons (Fsp3) is 0.387. The Morgan fingerprint density at radius 2 is 1.70 bits per heavy atom. The molecule has 40 heavy (non-hydrogen) atoms. The molecule has 0 radical (unpaired) electrons. The van der Waals surface area contributed by atoms with Crippen molar-refractivity contribution in [3.8, 4) is 17.2 Å². The van der Waals surface area contributed by atoms with Crippen molar-refractivity contribution in [2.45, 2.75) is 51.6 Å². The number of fused-ring (bicyclic) bond motifs is 5. The zero-order valence-electron chi connectivity index (χ0n) is 22.7. The molecule has 210 valence electrons. The molecule has 6 rings (SSSR count). The Hall–Kier alpha value is -3.88. The van der Waals surface area contributed by atoms with Crippen LogP contribution in [-0.4, -0.2) is 25.9 Å². The normalized spacial score (nSPS) is 19.1. The second-order valence-corrected chi connectivity index (χ2v) is 11.4. The molecule has 3 aliphatic rings. The molecule has 1 spiro atoms. The Labute approximate surface area is 231 Å². The van der Waals surface area contributed by atoms with Crippen LogP contribution in [0.3, 0.4) is 0 Å². The monoisotopic (exact) mass is 552 g/mol. The summed E-state index contributed by atoms with van der Waals surface area (Å²) in [5, 5.41) is 3.19. The molecule has 3 aromatic rings. The second kappa shape index (κ2) is 9.35. The minimum Gasteiger partial charge on any atom is -0.491 e. The molecule has 3 heterocycles. The Morgan fingerprint density at radius 3 is 2.45 bits per heavy atom. The number of anilines is 3. The molecule has 0 saturated heterocycles. The van der Waals surface area contributed by atoms with Crippen LogP contribution in [0.25, 0.3) is 0 Å². The average Bonchev–Trinajstić information content (AvgIpc) is 3.57. The first-order valence-corrected chi connectivity index (χ1v) is 13.5. The number of amides is 1. The predicted molar refractivity (Wildman–Crippen MR) is 146 cm³/mol. The predicted octanol–water partition coefficient (Wildman–Crippen LogP) is 7.42. The SMILES string of the molecule is CCCC(C)(C)CCN1C(=O)C2(COc3cc4c(cc32)OCO4)c2c(Nc3cccc(C(F)(F)F)c3)cccc21. The highest BCUT2D eigenvalue weighted by molar-refractivity contribution is 6.13. The van der Waals surface area contributed by atoms with Crippen LogP contribution in [0.15, 0.2) is 54.6 Å². The minimum absolute atomic E-state index is 0.0366. The Bertz CT molecular complexity index is 1490. The van der Waals surface area contributed by atoms with E-state index in [-0.39, 0.29) is 30.4 Å². The van der Waals surface area contributed by atoms with Crippen molar-refractivity contribution < 1.29 is 32.2 Å². The molecule has 0 aromatic heterocycles. The van der Waals surface area contributed by atoms with E-state index in [1.165, 1.54) is 6.07 Å². The Balaban J connectivity index is 1.48. The summed E-state index contributed by atoms with van der Waals surface area (Å²) < 4.78 is 57.7. The number of rotatable bonds is 7. The number of halogens is 3. The van der Waals surface area contributed by atoms with Gasteiger partial charge in [0.2, 0.25) is 12.7 Å². The van der Waals surface area contributed by atoms with E-state index in [0.717, 1.165) is 37.1 Å². The summed E-state index contributed by atoms with van der Waals surface area (Å²) in [5.74, 6) is 1.50. The number of carbonyl (C=O) groups is 1. The number of alkyl halides is 3. The molecule has 3 aliphatic heterocycles. The van der Waals surface area contributed by atoms with E-state index < -0.39 is 17.2 Å². The fourth-order valence-corrected chi connectivity index (χ4v) is 6.16. The zero-order valence-corrected chi connectivity index (χ0v) is 22.7. The van der Waals surface area contributed by atoms with Gasteiger partial charge >= 0.3 is 6.18 Å². The van der Waals surface area contributed by atoms with Gasteiger partial charge in [-0.05, 0) is 54.7 Å². The number of nitrogens with one attached hydrogen (secondary N) is 1. The average molecular weight is 553 g/mol. The lowest BCUT2D eigenvalue weighted by Crippen LogP contribution is -2.43. The number of carbonyl (C=O) groups excluding carboxylic acids is 1. The molecule has 0 aliphatic carbocycles. The number of benzene rings is 3. The minimum atomic E-state index is -4.48. The van der Waals surface area contributed by atoms with Gasteiger partial charge < -0.3 is 24.4 Å². The molecule has 1 unspecified atom stereocenters. The van der Waals surface area contributed by atoms with Gasteiger partial charge in [0, 0.05) is 35.1 Å². The molecule has 0 bridgehead atoms. The van der Waals surface area contributed by atoms with E-state index in [9.17, 15) is 18.0 Å². The number of hydrogen-bond donors (Lipinski definition) is 1. The highest BCUT2D eigenvalue weighted by Gasteiger charge is 2.58. The summed E-state index contributed by atoms with van der Waals surface area (Å²) >= 11 is 0. The Morgan fingerprint density at radius 1 is 0.950 bits per heavy atom. The van der Waals surface area contributed by atoms with E-state index in [1.807, 2.05) is 17.0 Å². The molecule has 1 atom stereocenters. The number of ether oxygens (including phenoxy) is 3. The first kappa shape index (κ1) is 26.3. The summed E-state index contributed by atoms with van der Waals surface area (Å²) in [4.78, 5) is 16.3. The van der Waals surface area contributed by atoms with Crippen LogP contribution in [0, 0.1) is 5.41 Å². The van der Waals surface area contributed by atoms with Gasteiger partial charge in [0.25, 0.3) is 0 Å². The third-order valence-corrected chi connectivity index (χ3v) is 8.16. The Kier molecular flexibility index (Phi) is 6.16. The van der Waals surface area contributed by atoms with Gasteiger partial charge in [0.15, 0.2) is 11.5 Å². The largest absolute Gasteiger partial charge is 0.491 e. The van der Waals surface area contributed by atoms with Crippen LogP contribution in [0.2, 0.25) is 0 Å². The summed E-state index contributed by atoms with van der Waals surface area (Å²) in [6, 6.07) is 14.1. The topological polar surface area (TPSA) is 60.0 Å². The zero-order chi connectivity index (χ0) is 28.3. The standard InChI is InChI=1S/C31H31F3N2O4/c1-4-11-29(2,3)12-13-36-23-10-6-9-22(35-20-8-5-7-19(14-20)31(32,33)34)27(23)30(28(36)37)17-38-24-16-26-25(15-21(24)30)39-18-40-26/h5-10,14-16,35H,4,11-13,17-18H2,1-3H3. The smallest absolute Gasteiger partial charge is 0.416 e. The van der Waals surface area contributed by atoms with Crippen molar-refractivity contribution in [1.82, 2.24) is 0 Å². The van der Waals surface area contributed by atoms with E-state index in [0.29, 0.717) is 40.6 Å². The molecule has 1 amide bonds. The van der Waals surface area contributed by atoms with Gasteiger partial charge in [-0.15, -0.1) is 0 Å². The van der Waals surface area contributed by atoms with E-state index in [2.05, 4.69) is 26.1 Å². The molecular formula is C31H31F3N2O4. The van der Waals surface area contributed by atoms with E-state index in [1.54, 1.807) is 24.3 Å². The van der Waals surface area contributed by atoms with E-state index in [4.69, 9.17) is 14.2 Å².